The van der Waals surface area contributed by atoms with E-state index in [-0.39, 0.29) is 4.92 Å². The molecule has 3 aliphatic rings. The first-order valence-corrected chi connectivity index (χ1v) is 5.06. The Kier molecular flexibility index (Phi) is 0.923. The highest BCUT2D eigenvalue weighted by Gasteiger charge is 2.70. The van der Waals surface area contributed by atoms with E-state index in [0.29, 0.717) is 17.5 Å². The summed E-state index contributed by atoms with van der Waals surface area (Å²) in [6.07, 6.45) is 1.28. The summed E-state index contributed by atoms with van der Waals surface area (Å²) in [6.45, 7) is 0. The van der Waals surface area contributed by atoms with Crippen LogP contribution in [0.2, 0.25) is 0 Å². The van der Waals surface area contributed by atoms with Crippen molar-refractivity contribution in [2.24, 2.45) is 11.8 Å². The molecule has 1 aromatic carbocycles. The number of rotatable bonds is 1. The van der Waals surface area contributed by atoms with Gasteiger partial charge in [-0.2, -0.15) is 0 Å². The number of nitrogens with zero attached hydrogens (tertiary/aromatic N) is 1. The number of nitro groups is 1. The molecule has 3 heteroatoms. The zero-order valence-corrected chi connectivity index (χ0v) is 7.51. The van der Waals surface area contributed by atoms with Crippen LogP contribution in [-0.4, -0.2) is 4.92 Å². The Labute approximate surface area is 80.9 Å². The fourth-order valence-electron chi connectivity index (χ4n) is 3.66. The number of hydrogen-bond acceptors (Lipinski definition) is 2. The number of benzene rings is 1. The first-order chi connectivity index (χ1) is 6.79. The topological polar surface area (TPSA) is 43.1 Å². The molecule has 70 valence electrons. The molecular weight excluding hydrogens is 178 g/mol. The van der Waals surface area contributed by atoms with E-state index in [9.17, 15) is 10.1 Å². The van der Waals surface area contributed by atoms with E-state index >= 15 is 0 Å². The maximum absolute atomic E-state index is 10.9. The van der Waals surface area contributed by atoms with E-state index in [1.54, 1.807) is 6.07 Å². The van der Waals surface area contributed by atoms with Gasteiger partial charge in [-0.05, 0) is 35.7 Å². The predicted octanol–water partition coefficient (Wildman–Crippen LogP) is 2.43. The first-order valence-electron chi connectivity index (χ1n) is 5.06. The summed E-state index contributed by atoms with van der Waals surface area (Å²) >= 11 is 0. The van der Waals surface area contributed by atoms with Crippen molar-refractivity contribution in [3.8, 4) is 0 Å². The maximum Gasteiger partial charge on any atom is 0.273 e. The highest BCUT2D eigenvalue weighted by molar-refractivity contribution is 5.60. The van der Waals surface area contributed by atoms with Crippen LogP contribution in [0.1, 0.15) is 29.4 Å². The lowest BCUT2D eigenvalue weighted by atomic mass is 9.78. The molecule has 4 rings (SSSR count). The molecule has 0 aromatic heterocycles. The third-order valence-electron chi connectivity index (χ3n) is 4.27. The van der Waals surface area contributed by atoms with Crippen LogP contribution < -0.4 is 0 Å². The molecule has 0 saturated heterocycles. The van der Waals surface area contributed by atoms with Gasteiger partial charge in [0, 0.05) is 11.6 Å². The largest absolute Gasteiger partial charge is 0.273 e. The van der Waals surface area contributed by atoms with Gasteiger partial charge in [-0.15, -0.1) is 0 Å². The van der Waals surface area contributed by atoms with E-state index in [1.165, 1.54) is 12.0 Å². The van der Waals surface area contributed by atoms with E-state index < -0.39 is 0 Å². The Bertz CT molecular complexity index is 468. The molecule has 3 aliphatic carbocycles. The number of nitro benzene ring substituents is 1. The normalized spacial score (nSPS) is 39.7. The summed E-state index contributed by atoms with van der Waals surface area (Å²) in [7, 11) is 0. The molecule has 0 heterocycles. The van der Waals surface area contributed by atoms with Gasteiger partial charge in [0.25, 0.3) is 5.69 Å². The van der Waals surface area contributed by atoms with Gasteiger partial charge in [0.15, 0.2) is 0 Å². The van der Waals surface area contributed by atoms with Crippen molar-refractivity contribution in [1.82, 2.24) is 0 Å². The Morgan fingerprint density at radius 1 is 1.43 bits per heavy atom. The number of hydrogen-bond donors (Lipinski definition) is 0. The molecule has 0 bridgehead atoms. The second kappa shape index (κ2) is 1.85. The fourth-order valence-corrected chi connectivity index (χ4v) is 3.66. The van der Waals surface area contributed by atoms with E-state index in [2.05, 4.69) is 6.07 Å². The summed E-state index contributed by atoms with van der Waals surface area (Å²) in [6, 6.07) is 5.56. The lowest BCUT2D eigenvalue weighted by molar-refractivity contribution is -0.385. The van der Waals surface area contributed by atoms with Crippen molar-refractivity contribution in [2.45, 2.75) is 18.3 Å². The molecular formula is C11H9NO2. The molecule has 2 fully saturated rings. The van der Waals surface area contributed by atoms with Gasteiger partial charge in [0.05, 0.1) is 4.92 Å². The minimum Gasteiger partial charge on any atom is -0.258 e. The smallest absolute Gasteiger partial charge is 0.258 e. The summed E-state index contributed by atoms with van der Waals surface area (Å²) in [5, 5.41) is 10.9. The summed E-state index contributed by atoms with van der Waals surface area (Å²) < 4.78 is 0. The Morgan fingerprint density at radius 3 is 3.07 bits per heavy atom. The molecule has 0 amide bonds. The third-order valence-corrected chi connectivity index (χ3v) is 4.27. The van der Waals surface area contributed by atoms with Crippen LogP contribution in [0.15, 0.2) is 18.2 Å². The average Bonchev–Trinajstić information content (AvgIpc) is 2.61. The molecule has 1 aromatic rings. The molecule has 0 radical (unpaired) electrons. The van der Waals surface area contributed by atoms with Gasteiger partial charge in [-0.3, -0.25) is 10.1 Å². The van der Waals surface area contributed by atoms with Crippen LogP contribution in [0.5, 0.6) is 0 Å². The Balaban J connectivity index is 2.00. The fraction of sp³-hybridized carbons (Fsp3) is 0.455. The third kappa shape index (κ3) is 0.541. The Morgan fingerprint density at radius 2 is 2.29 bits per heavy atom. The van der Waals surface area contributed by atoms with Gasteiger partial charge in [0.1, 0.15) is 0 Å². The van der Waals surface area contributed by atoms with Crippen LogP contribution in [0.25, 0.3) is 0 Å². The molecule has 14 heavy (non-hydrogen) atoms. The van der Waals surface area contributed by atoms with Crippen LogP contribution in [-0.2, 0) is 0 Å². The van der Waals surface area contributed by atoms with Crippen LogP contribution >= 0.6 is 0 Å². The van der Waals surface area contributed by atoms with Crippen LogP contribution in [0.4, 0.5) is 5.69 Å². The van der Waals surface area contributed by atoms with Crippen molar-refractivity contribution in [3.05, 3.63) is 39.4 Å². The van der Waals surface area contributed by atoms with Gasteiger partial charge in [-0.1, -0.05) is 12.1 Å². The molecule has 0 aliphatic heterocycles. The minimum atomic E-state index is -0.223. The Hall–Kier alpha value is -1.38. The van der Waals surface area contributed by atoms with Crippen molar-refractivity contribution in [1.29, 1.82) is 0 Å². The second-order valence-corrected chi connectivity index (χ2v) is 4.65. The minimum absolute atomic E-state index is 0.223. The lowest BCUT2D eigenvalue weighted by Gasteiger charge is -2.26. The highest BCUT2D eigenvalue weighted by Crippen LogP contribution is 2.79. The van der Waals surface area contributed by atoms with Crippen molar-refractivity contribution < 1.29 is 4.92 Å². The SMILES string of the molecule is O=[N+]([O-])c1cccc2c1[C@H]1[C@@H]3C[C@H]2[C@@H]31. The van der Waals surface area contributed by atoms with Crippen LogP contribution in [0.3, 0.4) is 0 Å². The van der Waals surface area contributed by atoms with Crippen molar-refractivity contribution >= 4 is 5.69 Å². The van der Waals surface area contributed by atoms with Crippen molar-refractivity contribution in [3.63, 3.8) is 0 Å². The molecule has 2 saturated carbocycles. The predicted molar refractivity (Wildman–Crippen MR) is 50.2 cm³/mol. The van der Waals surface area contributed by atoms with Gasteiger partial charge < -0.3 is 0 Å². The van der Waals surface area contributed by atoms with Gasteiger partial charge in [-0.25, -0.2) is 0 Å². The summed E-state index contributed by atoms with van der Waals surface area (Å²) in [5.41, 5.74) is 2.71. The molecule has 0 unspecified atom stereocenters. The highest BCUT2D eigenvalue weighted by atomic mass is 16.6. The van der Waals surface area contributed by atoms with Crippen molar-refractivity contribution in [2.75, 3.05) is 0 Å². The summed E-state index contributed by atoms with van der Waals surface area (Å²) in [4.78, 5) is 10.6. The number of fused-ring (bicyclic) bond motifs is 4. The van der Waals surface area contributed by atoms with Crippen LogP contribution in [0, 0.1) is 22.0 Å². The standard InChI is InChI=1S/C11H9NO2/c13-12(14)8-3-1-2-5-6-4-7-9(6)11(7)10(5)8/h1-3,6-7,9,11H,4H2/t6-,7-,9+,11+/m1/s1. The van der Waals surface area contributed by atoms with Gasteiger partial charge >= 0.3 is 0 Å². The quantitative estimate of drug-likeness (QED) is 0.500. The second-order valence-electron chi connectivity index (χ2n) is 4.65. The van der Waals surface area contributed by atoms with Gasteiger partial charge in [0.2, 0.25) is 0 Å². The average molecular weight is 187 g/mol. The molecule has 0 N–H and O–H groups in total. The van der Waals surface area contributed by atoms with E-state index in [4.69, 9.17) is 0 Å². The lowest BCUT2D eigenvalue weighted by Crippen LogP contribution is -2.14. The zero-order valence-electron chi connectivity index (χ0n) is 7.51. The zero-order chi connectivity index (χ0) is 9.45. The molecule has 4 atom stereocenters. The monoisotopic (exact) mass is 187 g/mol. The molecule has 0 spiro atoms. The first kappa shape index (κ1) is 6.98. The van der Waals surface area contributed by atoms with E-state index in [1.807, 2.05) is 6.07 Å². The van der Waals surface area contributed by atoms with E-state index in [0.717, 1.165) is 17.4 Å². The summed E-state index contributed by atoms with van der Waals surface area (Å²) in [5.74, 6) is 2.80. The maximum atomic E-state index is 10.9. The molecule has 3 nitrogen and oxygen atoms in total.